The van der Waals surface area contributed by atoms with Crippen LogP contribution in [0.15, 0.2) is 47.4 Å². The molecule has 2 N–H and O–H groups in total. The van der Waals surface area contributed by atoms with Crippen LogP contribution >= 0.6 is 11.8 Å². The second-order valence-corrected chi connectivity index (χ2v) is 6.84. The maximum atomic E-state index is 6.05. The predicted octanol–water partition coefficient (Wildman–Crippen LogP) is 3.73. The minimum atomic E-state index is 0.959. The number of thioether (sulfide) groups is 1. The molecule has 0 unspecified atom stereocenters. The van der Waals surface area contributed by atoms with Crippen LogP contribution in [-0.4, -0.2) is 23.7 Å². The van der Waals surface area contributed by atoms with Crippen molar-refractivity contribution in [3.63, 3.8) is 0 Å². The number of nitrogens with two attached hydrogens (primary N) is 1. The van der Waals surface area contributed by atoms with E-state index >= 15 is 0 Å². The lowest BCUT2D eigenvalue weighted by molar-refractivity contribution is 0.271. The number of benzene rings is 2. The highest BCUT2D eigenvalue weighted by Crippen LogP contribution is 2.25. The lowest BCUT2D eigenvalue weighted by Gasteiger charge is -2.29. The van der Waals surface area contributed by atoms with Crippen LogP contribution in [0.4, 0.5) is 5.69 Å². The van der Waals surface area contributed by atoms with Crippen LogP contribution in [0.25, 0.3) is 0 Å². The Bertz CT molecular complexity index is 607. The fourth-order valence-electron chi connectivity index (χ4n) is 2.82. The molecule has 2 aromatic carbocycles. The first-order chi connectivity index (χ1) is 10.2. The Hall–Kier alpha value is -1.45. The van der Waals surface area contributed by atoms with Crippen molar-refractivity contribution >= 4 is 17.4 Å². The van der Waals surface area contributed by atoms with Crippen LogP contribution in [-0.2, 0) is 13.0 Å². The number of hydrogen-bond acceptors (Lipinski definition) is 3. The topological polar surface area (TPSA) is 29.3 Å². The zero-order valence-corrected chi connectivity index (χ0v) is 13.3. The molecule has 3 heteroatoms. The van der Waals surface area contributed by atoms with Crippen molar-refractivity contribution in [2.45, 2.75) is 24.8 Å². The van der Waals surface area contributed by atoms with Crippen molar-refractivity contribution < 1.29 is 0 Å². The second kappa shape index (κ2) is 6.54. The summed E-state index contributed by atoms with van der Waals surface area (Å²) in [6.07, 6.45) is 1.08. The third-order valence-electron chi connectivity index (χ3n) is 4.08. The van der Waals surface area contributed by atoms with Gasteiger partial charge in [-0.3, -0.25) is 4.90 Å². The molecular formula is C18H22N2S. The molecule has 110 valence electrons. The molecule has 0 aliphatic carbocycles. The highest BCUT2D eigenvalue weighted by molar-refractivity contribution is 7.99. The summed E-state index contributed by atoms with van der Waals surface area (Å²) in [6, 6.07) is 15.1. The summed E-state index contributed by atoms with van der Waals surface area (Å²) >= 11 is 1.94. The van der Waals surface area contributed by atoms with Crippen molar-refractivity contribution in [3.8, 4) is 0 Å². The van der Waals surface area contributed by atoms with E-state index in [1.165, 1.54) is 21.6 Å². The smallest absolute Gasteiger partial charge is 0.0350 e. The minimum Gasteiger partial charge on any atom is -0.398 e. The number of anilines is 1. The van der Waals surface area contributed by atoms with Crippen LogP contribution in [0.5, 0.6) is 0 Å². The molecule has 0 radical (unpaired) electrons. The van der Waals surface area contributed by atoms with Crippen LogP contribution in [0, 0.1) is 6.92 Å². The molecule has 1 heterocycles. The van der Waals surface area contributed by atoms with Gasteiger partial charge in [0.1, 0.15) is 0 Å². The average Bonchev–Trinajstić information content (AvgIpc) is 2.49. The lowest BCUT2D eigenvalue weighted by atomic mass is 9.98. The molecule has 0 amide bonds. The van der Waals surface area contributed by atoms with Crippen molar-refractivity contribution in [2.24, 2.45) is 0 Å². The first-order valence-corrected chi connectivity index (χ1v) is 8.49. The third-order valence-corrected chi connectivity index (χ3v) is 5.07. The Balaban J connectivity index is 1.52. The highest BCUT2D eigenvalue weighted by atomic mass is 32.2. The molecule has 0 atom stereocenters. The van der Waals surface area contributed by atoms with Crippen molar-refractivity contribution in [3.05, 3.63) is 59.2 Å². The van der Waals surface area contributed by atoms with Gasteiger partial charge in [0.05, 0.1) is 0 Å². The molecule has 0 bridgehead atoms. The van der Waals surface area contributed by atoms with Gasteiger partial charge in [0.15, 0.2) is 0 Å². The number of hydrogen-bond donors (Lipinski definition) is 1. The van der Waals surface area contributed by atoms with Crippen LogP contribution in [0.2, 0.25) is 0 Å². The second-order valence-electron chi connectivity index (χ2n) is 5.67. The van der Waals surface area contributed by atoms with Gasteiger partial charge in [-0.15, -0.1) is 11.8 Å². The van der Waals surface area contributed by atoms with Gasteiger partial charge in [-0.2, -0.15) is 0 Å². The van der Waals surface area contributed by atoms with E-state index in [2.05, 4.69) is 48.2 Å². The van der Waals surface area contributed by atoms with E-state index in [0.717, 1.165) is 37.5 Å². The Morgan fingerprint density at radius 3 is 2.76 bits per heavy atom. The molecule has 0 aromatic heterocycles. The first-order valence-electron chi connectivity index (χ1n) is 7.50. The van der Waals surface area contributed by atoms with Gasteiger partial charge in [-0.1, -0.05) is 29.8 Å². The van der Waals surface area contributed by atoms with Gasteiger partial charge in [0, 0.05) is 36.0 Å². The number of rotatable bonds is 4. The molecule has 0 saturated heterocycles. The summed E-state index contributed by atoms with van der Waals surface area (Å²) in [5, 5.41) is 0. The van der Waals surface area contributed by atoms with E-state index in [4.69, 9.17) is 5.73 Å². The van der Waals surface area contributed by atoms with E-state index < -0.39 is 0 Å². The Morgan fingerprint density at radius 2 is 1.95 bits per heavy atom. The zero-order valence-electron chi connectivity index (χ0n) is 12.5. The van der Waals surface area contributed by atoms with Crippen molar-refractivity contribution in [1.82, 2.24) is 4.90 Å². The standard InChI is InChI=1S/C18H22N2S/c1-14-5-7-16(8-6-14)21-12-11-20-10-9-17-15(13-20)3-2-4-18(17)19/h2-8H,9-13,19H2,1H3. The summed E-state index contributed by atoms with van der Waals surface area (Å²) in [5.74, 6) is 1.14. The summed E-state index contributed by atoms with van der Waals surface area (Å²) in [6.45, 7) is 5.42. The van der Waals surface area contributed by atoms with Crippen LogP contribution in [0.3, 0.4) is 0 Å². The summed E-state index contributed by atoms with van der Waals surface area (Å²) in [5.41, 5.74) is 11.1. The molecular weight excluding hydrogens is 276 g/mol. The van der Waals surface area contributed by atoms with Crippen molar-refractivity contribution in [1.29, 1.82) is 0 Å². The number of fused-ring (bicyclic) bond motifs is 1. The maximum Gasteiger partial charge on any atom is 0.0350 e. The van der Waals surface area contributed by atoms with Crippen LogP contribution < -0.4 is 5.73 Å². The molecule has 1 aliphatic heterocycles. The van der Waals surface area contributed by atoms with Gasteiger partial charge < -0.3 is 5.73 Å². The molecule has 0 saturated carbocycles. The quantitative estimate of drug-likeness (QED) is 0.689. The van der Waals surface area contributed by atoms with Gasteiger partial charge in [-0.05, 0) is 42.7 Å². The average molecular weight is 298 g/mol. The van der Waals surface area contributed by atoms with Gasteiger partial charge in [-0.25, -0.2) is 0 Å². The molecule has 21 heavy (non-hydrogen) atoms. The molecule has 3 rings (SSSR count). The Labute approximate surface area is 131 Å². The molecule has 2 nitrogen and oxygen atoms in total. The lowest BCUT2D eigenvalue weighted by Crippen LogP contribution is -2.32. The molecule has 0 fully saturated rings. The van der Waals surface area contributed by atoms with E-state index in [-0.39, 0.29) is 0 Å². The fraction of sp³-hybridized carbons (Fsp3) is 0.333. The molecule has 0 spiro atoms. The largest absolute Gasteiger partial charge is 0.398 e. The normalized spacial score (nSPS) is 14.9. The number of aryl methyl sites for hydroxylation is 1. The summed E-state index contributed by atoms with van der Waals surface area (Å²) in [7, 11) is 0. The predicted molar refractivity (Wildman–Crippen MR) is 91.7 cm³/mol. The highest BCUT2D eigenvalue weighted by Gasteiger charge is 2.17. The first kappa shape index (κ1) is 14.5. The summed E-state index contributed by atoms with van der Waals surface area (Å²) in [4.78, 5) is 3.89. The zero-order chi connectivity index (χ0) is 14.7. The maximum absolute atomic E-state index is 6.05. The molecule has 2 aromatic rings. The fourth-order valence-corrected chi connectivity index (χ4v) is 3.73. The summed E-state index contributed by atoms with van der Waals surface area (Å²) < 4.78 is 0. The Kier molecular flexibility index (Phi) is 4.51. The van der Waals surface area contributed by atoms with Gasteiger partial charge in [0.25, 0.3) is 0 Å². The van der Waals surface area contributed by atoms with Gasteiger partial charge >= 0.3 is 0 Å². The van der Waals surface area contributed by atoms with E-state index in [1.807, 2.05) is 17.8 Å². The van der Waals surface area contributed by atoms with E-state index in [0.29, 0.717) is 0 Å². The third kappa shape index (κ3) is 3.60. The minimum absolute atomic E-state index is 0.959. The number of nitrogens with zero attached hydrogens (tertiary/aromatic N) is 1. The van der Waals surface area contributed by atoms with Crippen molar-refractivity contribution in [2.75, 3.05) is 24.6 Å². The Morgan fingerprint density at radius 1 is 1.14 bits per heavy atom. The molecule has 1 aliphatic rings. The SMILES string of the molecule is Cc1ccc(SCCN2CCc3c(N)cccc3C2)cc1. The van der Waals surface area contributed by atoms with E-state index in [1.54, 1.807) is 0 Å². The van der Waals surface area contributed by atoms with Gasteiger partial charge in [0.2, 0.25) is 0 Å². The number of nitrogen functional groups attached to an aromatic ring is 1. The monoisotopic (exact) mass is 298 g/mol. The van der Waals surface area contributed by atoms with E-state index in [9.17, 15) is 0 Å². The van der Waals surface area contributed by atoms with Crippen LogP contribution in [0.1, 0.15) is 16.7 Å².